The van der Waals surface area contributed by atoms with Crippen LogP contribution in [-0.2, 0) is 4.79 Å². The fourth-order valence-electron chi connectivity index (χ4n) is 2.52. The van der Waals surface area contributed by atoms with E-state index in [1.54, 1.807) is 0 Å². The number of allylic oxidation sites excluding steroid dienone is 1. The Labute approximate surface area is 130 Å². The highest BCUT2D eigenvalue weighted by molar-refractivity contribution is 7.14. The van der Waals surface area contributed by atoms with Crippen LogP contribution in [0.2, 0.25) is 0 Å². The predicted molar refractivity (Wildman–Crippen MR) is 86.8 cm³/mol. The zero-order valence-corrected chi connectivity index (χ0v) is 13.4. The van der Waals surface area contributed by atoms with Gasteiger partial charge in [-0.2, -0.15) is 0 Å². The van der Waals surface area contributed by atoms with Crippen molar-refractivity contribution in [1.29, 1.82) is 0 Å². The van der Waals surface area contributed by atoms with E-state index in [9.17, 15) is 9.59 Å². The number of aryl methyl sites for hydroxylation is 1. The number of nitrogens with one attached hydrogen (secondary N) is 1. The lowest BCUT2D eigenvalue weighted by atomic mass is 9.97. The van der Waals surface area contributed by atoms with Gasteiger partial charge >= 0.3 is 0 Å². The lowest BCUT2D eigenvalue weighted by Gasteiger charge is -2.12. The first-order valence-electron chi connectivity index (χ1n) is 7.69. The van der Waals surface area contributed by atoms with Crippen molar-refractivity contribution in [3.8, 4) is 0 Å². The summed E-state index contributed by atoms with van der Waals surface area (Å²) >= 11 is 1.50. The highest BCUT2D eigenvalue weighted by Gasteiger charge is 2.11. The van der Waals surface area contributed by atoms with Crippen LogP contribution in [0.5, 0.6) is 0 Å². The normalized spacial score (nSPS) is 14.6. The molecule has 0 fully saturated rings. The molecular formula is C17H23NO2S. The van der Waals surface area contributed by atoms with Crippen LogP contribution < -0.4 is 5.32 Å². The van der Waals surface area contributed by atoms with Gasteiger partial charge in [-0.05, 0) is 51.2 Å². The standard InChI is InChI=1S/C17H23NO2S/c1-13-7-9-16(21-13)15(19)8-10-17(20)18-12-11-14-5-3-2-4-6-14/h5,7,9H,2-4,6,8,10-12H2,1H3,(H,18,20). The first-order valence-corrected chi connectivity index (χ1v) is 8.51. The molecule has 0 bridgehead atoms. The van der Waals surface area contributed by atoms with Gasteiger partial charge in [0.2, 0.25) is 5.91 Å². The van der Waals surface area contributed by atoms with E-state index in [0.29, 0.717) is 13.0 Å². The molecule has 1 N–H and O–H groups in total. The minimum absolute atomic E-state index is 0.0203. The van der Waals surface area contributed by atoms with Gasteiger partial charge < -0.3 is 5.32 Å². The van der Waals surface area contributed by atoms with Gasteiger partial charge in [0, 0.05) is 24.3 Å². The Morgan fingerprint density at radius 3 is 2.76 bits per heavy atom. The highest BCUT2D eigenvalue weighted by Crippen LogP contribution is 2.19. The Morgan fingerprint density at radius 1 is 1.24 bits per heavy atom. The molecule has 0 atom stereocenters. The van der Waals surface area contributed by atoms with Gasteiger partial charge in [0.25, 0.3) is 0 Å². The summed E-state index contributed by atoms with van der Waals surface area (Å²) in [4.78, 5) is 25.5. The SMILES string of the molecule is Cc1ccc(C(=O)CCC(=O)NCCC2=CCCCC2)s1. The third kappa shape index (κ3) is 5.46. The number of carbonyl (C=O) groups is 2. The van der Waals surface area contributed by atoms with Crippen LogP contribution in [0, 0.1) is 6.92 Å². The summed E-state index contributed by atoms with van der Waals surface area (Å²) in [6.45, 7) is 2.67. The first-order chi connectivity index (χ1) is 10.1. The lowest BCUT2D eigenvalue weighted by molar-refractivity contribution is -0.121. The zero-order chi connectivity index (χ0) is 15.1. The summed E-state index contributed by atoms with van der Waals surface area (Å²) in [5, 5.41) is 2.91. The number of hydrogen-bond donors (Lipinski definition) is 1. The molecule has 0 spiro atoms. The summed E-state index contributed by atoms with van der Waals surface area (Å²) < 4.78 is 0. The summed E-state index contributed by atoms with van der Waals surface area (Å²) in [6, 6.07) is 3.78. The van der Waals surface area contributed by atoms with Crippen LogP contribution in [0.4, 0.5) is 0 Å². The van der Waals surface area contributed by atoms with Crippen molar-refractivity contribution in [3.63, 3.8) is 0 Å². The number of amides is 1. The van der Waals surface area contributed by atoms with E-state index in [-0.39, 0.29) is 18.1 Å². The monoisotopic (exact) mass is 305 g/mol. The second kappa shape index (κ2) is 8.13. The molecule has 2 rings (SSSR count). The Bertz CT molecular complexity index is 531. The van der Waals surface area contributed by atoms with Gasteiger partial charge in [-0.1, -0.05) is 11.6 Å². The Balaban J connectivity index is 1.63. The quantitative estimate of drug-likeness (QED) is 0.611. The maximum absolute atomic E-state index is 11.9. The number of hydrogen-bond acceptors (Lipinski definition) is 3. The molecule has 0 aromatic carbocycles. The van der Waals surface area contributed by atoms with Gasteiger partial charge in [0.15, 0.2) is 5.78 Å². The molecule has 0 radical (unpaired) electrons. The largest absolute Gasteiger partial charge is 0.356 e. The summed E-state index contributed by atoms with van der Waals surface area (Å²) in [5.41, 5.74) is 1.46. The minimum Gasteiger partial charge on any atom is -0.356 e. The first kappa shape index (κ1) is 16.0. The molecule has 21 heavy (non-hydrogen) atoms. The molecule has 0 saturated carbocycles. The topological polar surface area (TPSA) is 46.2 Å². The van der Waals surface area contributed by atoms with Gasteiger partial charge in [-0.3, -0.25) is 9.59 Å². The summed E-state index contributed by atoms with van der Waals surface area (Å²) in [7, 11) is 0. The molecule has 3 nitrogen and oxygen atoms in total. The van der Waals surface area contributed by atoms with E-state index in [1.807, 2.05) is 19.1 Å². The Morgan fingerprint density at radius 2 is 2.10 bits per heavy atom. The number of rotatable bonds is 7. The molecule has 1 aromatic rings. The molecule has 0 aliphatic heterocycles. The van der Waals surface area contributed by atoms with Crippen molar-refractivity contribution in [2.75, 3.05) is 6.54 Å². The highest BCUT2D eigenvalue weighted by atomic mass is 32.1. The van der Waals surface area contributed by atoms with Gasteiger partial charge in [-0.25, -0.2) is 0 Å². The Hall–Kier alpha value is -1.42. The molecule has 4 heteroatoms. The summed E-state index contributed by atoms with van der Waals surface area (Å²) in [5.74, 6) is 0.0475. The second-order valence-electron chi connectivity index (χ2n) is 5.54. The van der Waals surface area contributed by atoms with Gasteiger partial charge in [0.05, 0.1) is 4.88 Å². The molecule has 1 amide bonds. The molecule has 114 valence electrons. The predicted octanol–water partition coefficient (Wildman–Crippen LogP) is 4.03. The molecule has 1 heterocycles. The molecule has 0 saturated heterocycles. The third-order valence-corrected chi connectivity index (χ3v) is 4.79. The minimum atomic E-state index is -0.0203. The van der Waals surface area contributed by atoms with E-state index in [0.717, 1.165) is 16.2 Å². The average molecular weight is 305 g/mol. The third-order valence-electron chi connectivity index (χ3n) is 3.75. The van der Waals surface area contributed by atoms with Crippen molar-refractivity contribution >= 4 is 23.0 Å². The van der Waals surface area contributed by atoms with Crippen molar-refractivity contribution in [2.45, 2.75) is 51.9 Å². The van der Waals surface area contributed by atoms with Crippen LogP contribution in [0.15, 0.2) is 23.8 Å². The number of carbonyl (C=O) groups excluding carboxylic acids is 2. The molecule has 1 aromatic heterocycles. The molecular weight excluding hydrogens is 282 g/mol. The number of thiophene rings is 1. The van der Waals surface area contributed by atoms with Crippen molar-refractivity contribution in [1.82, 2.24) is 5.32 Å². The molecule has 1 aliphatic carbocycles. The van der Waals surface area contributed by atoms with Crippen molar-refractivity contribution < 1.29 is 9.59 Å². The van der Waals surface area contributed by atoms with Crippen LogP contribution in [0.25, 0.3) is 0 Å². The van der Waals surface area contributed by atoms with Crippen LogP contribution in [0.3, 0.4) is 0 Å². The van der Waals surface area contributed by atoms with Gasteiger partial charge in [-0.15, -0.1) is 11.3 Å². The van der Waals surface area contributed by atoms with E-state index < -0.39 is 0 Å². The van der Waals surface area contributed by atoms with Crippen molar-refractivity contribution in [3.05, 3.63) is 33.5 Å². The molecule has 0 unspecified atom stereocenters. The Kier molecular flexibility index (Phi) is 6.18. The van der Waals surface area contributed by atoms with Crippen LogP contribution in [-0.4, -0.2) is 18.2 Å². The number of Topliss-reactive ketones (excluding diaryl/α,β-unsaturated/α-hetero) is 1. The maximum atomic E-state index is 11.9. The summed E-state index contributed by atoms with van der Waals surface area (Å²) in [6.07, 6.45) is 8.75. The van der Waals surface area contributed by atoms with E-state index >= 15 is 0 Å². The second-order valence-corrected chi connectivity index (χ2v) is 6.83. The van der Waals surface area contributed by atoms with Crippen LogP contribution in [0.1, 0.15) is 59.5 Å². The molecule has 1 aliphatic rings. The fourth-order valence-corrected chi connectivity index (χ4v) is 3.35. The van der Waals surface area contributed by atoms with E-state index in [1.165, 1.54) is 42.6 Å². The van der Waals surface area contributed by atoms with Crippen LogP contribution >= 0.6 is 11.3 Å². The smallest absolute Gasteiger partial charge is 0.220 e. The van der Waals surface area contributed by atoms with E-state index in [2.05, 4.69) is 11.4 Å². The average Bonchev–Trinajstić information content (AvgIpc) is 2.92. The maximum Gasteiger partial charge on any atom is 0.220 e. The van der Waals surface area contributed by atoms with E-state index in [4.69, 9.17) is 0 Å². The lowest BCUT2D eigenvalue weighted by Crippen LogP contribution is -2.25. The zero-order valence-electron chi connectivity index (χ0n) is 12.6. The number of ketones is 1. The van der Waals surface area contributed by atoms with Gasteiger partial charge in [0.1, 0.15) is 0 Å². The fraction of sp³-hybridized carbons (Fsp3) is 0.529. The van der Waals surface area contributed by atoms with Crippen molar-refractivity contribution in [2.24, 2.45) is 0 Å².